The van der Waals surface area contributed by atoms with E-state index in [1.807, 2.05) is 13.8 Å². The van der Waals surface area contributed by atoms with Gasteiger partial charge >= 0.3 is 0 Å². The molecule has 9 aliphatic rings. The van der Waals surface area contributed by atoms with Crippen LogP contribution in [0.2, 0.25) is 0 Å². The molecule has 5 saturated heterocycles. The standard InChI is InChI=1S/C54H90O24/c1-21(71-52-48(47(68-9)37(58)23(3)73-52)78-50-43(64)41(62)39(60)33(76-50)20-69-49-42(63)40(61)38(59)32(19-55)75-49)35-30(56)17-29-27-11-10-25-16-26(12-14-53(25,5)28(27)13-15-54(29,35)6)74-34-18-31(66-7)45(24(4)70-34)77-51-44(65)46(67-8)36(57)22(2)72-51/h10,21-24,26-52,55-65H,11-20H2,1-9H3/t21?,22-,23-,24-,26+,27-,28+,29+,30+,31+,32-,33-,34+,35+,36+,37+,38-,39-,40+,41+,42-,43-,44-,45-,46+,47+,48-,49-,50+,51+,52-,53+,54+/m1/s1. The molecule has 0 aromatic carbocycles. The minimum atomic E-state index is -1.84. The van der Waals surface area contributed by atoms with Gasteiger partial charge in [-0.05, 0) is 101 Å². The molecule has 0 bridgehead atoms. The van der Waals surface area contributed by atoms with E-state index in [1.165, 1.54) is 19.8 Å². The van der Waals surface area contributed by atoms with Gasteiger partial charge in [0.2, 0.25) is 0 Å². The highest BCUT2D eigenvalue weighted by Gasteiger charge is 2.63. The van der Waals surface area contributed by atoms with Crippen LogP contribution >= 0.6 is 0 Å². The van der Waals surface area contributed by atoms with Crippen LogP contribution in [0.4, 0.5) is 0 Å². The summed E-state index contributed by atoms with van der Waals surface area (Å²) in [5, 5.41) is 119. The number of fused-ring (bicyclic) bond motifs is 5. The van der Waals surface area contributed by atoms with E-state index in [1.54, 1.807) is 21.0 Å². The summed E-state index contributed by atoms with van der Waals surface area (Å²) in [6.07, 6.45) is -21.9. The zero-order chi connectivity index (χ0) is 56.4. The van der Waals surface area contributed by atoms with Crippen molar-refractivity contribution in [3.05, 3.63) is 11.6 Å². The molecule has 0 aromatic rings. The molecule has 4 aliphatic carbocycles. The highest BCUT2D eigenvalue weighted by atomic mass is 16.8. The SMILES string of the molecule is CO[C@H]1[C@@H](O)[C@@H](C)O[C@@H](O[C@H]2[C@@H](OC)C[C@H](O[C@H]3CC[C@@]4(C)C(=CC[C@H]5[C@@H]6C[C@H](O)[C@H](C(C)O[C@@H]7O[C@H](C)[C@H](O)[C@H](OC)[C@H]7O[C@@H]7O[C@H](CO[C@@H]8O[C@H](CO)[C@@H](O)[C@H](O)[C@H]8O)[C@@H](O)[C@H](O)[C@H]7O)[C@@]6(C)CC[C@@H]54)C3)O[C@@H]2C)[C@@H]1O. The number of aliphatic hydroxyl groups is 11. The van der Waals surface area contributed by atoms with E-state index < -0.39 is 173 Å². The zero-order valence-electron chi connectivity index (χ0n) is 46.3. The van der Waals surface area contributed by atoms with Crippen molar-refractivity contribution in [2.45, 2.75) is 259 Å². The van der Waals surface area contributed by atoms with E-state index in [0.717, 1.165) is 38.5 Å². The van der Waals surface area contributed by atoms with Crippen LogP contribution in [-0.2, 0) is 61.6 Å². The van der Waals surface area contributed by atoms with Gasteiger partial charge in [-0.1, -0.05) is 25.5 Å². The van der Waals surface area contributed by atoms with Crippen LogP contribution in [-0.4, -0.2) is 256 Å². The summed E-state index contributed by atoms with van der Waals surface area (Å²) in [5.41, 5.74) is 0.988. The third-order valence-electron chi connectivity index (χ3n) is 19.9. The number of rotatable bonds is 16. The zero-order valence-corrected chi connectivity index (χ0v) is 46.3. The van der Waals surface area contributed by atoms with Crippen LogP contribution in [0.25, 0.3) is 0 Å². The van der Waals surface area contributed by atoms with E-state index in [-0.39, 0.29) is 28.8 Å². The molecule has 5 heterocycles. The molecular weight excluding hydrogens is 1030 g/mol. The second-order valence-electron chi connectivity index (χ2n) is 24.3. The lowest BCUT2D eigenvalue weighted by Gasteiger charge is -2.58. The Bertz CT molecular complexity index is 1990. The van der Waals surface area contributed by atoms with E-state index >= 15 is 0 Å². The first kappa shape index (κ1) is 61.3. The molecule has 8 fully saturated rings. The first-order valence-corrected chi connectivity index (χ1v) is 28.2. The van der Waals surface area contributed by atoms with Crippen LogP contribution in [0, 0.1) is 34.5 Å². The third-order valence-corrected chi connectivity index (χ3v) is 19.9. The Morgan fingerprint density at radius 1 is 0.590 bits per heavy atom. The molecule has 24 nitrogen and oxygen atoms in total. The first-order chi connectivity index (χ1) is 37.0. The number of aliphatic hydroxyl groups excluding tert-OH is 11. The summed E-state index contributed by atoms with van der Waals surface area (Å²) >= 11 is 0. The van der Waals surface area contributed by atoms with Crippen molar-refractivity contribution in [2.24, 2.45) is 34.5 Å². The first-order valence-electron chi connectivity index (χ1n) is 28.2. The Morgan fingerprint density at radius 3 is 1.87 bits per heavy atom. The average molecular weight is 1120 g/mol. The van der Waals surface area contributed by atoms with E-state index in [0.29, 0.717) is 24.7 Å². The normalized spacial score (nSPS) is 54.1. The summed E-state index contributed by atoms with van der Waals surface area (Å²) in [6.45, 7) is 10.5. The Balaban J connectivity index is 0.832. The van der Waals surface area contributed by atoms with Gasteiger partial charge in [-0.15, -0.1) is 0 Å². The van der Waals surface area contributed by atoms with Gasteiger partial charge in [0.15, 0.2) is 31.5 Å². The molecule has 3 saturated carbocycles. The second kappa shape index (κ2) is 24.8. The van der Waals surface area contributed by atoms with Crippen LogP contribution in [0.15, 0.2) is 11.6 Å². The van der Waals surface area contributed by atoms with Gasteiger partial charge in [-0.2, -0.15) is 0 Å². The van der Waals surface area contributed by atoms with Gasteiger partial charge in [0, 0.05) is 33.7 Å². The van der Waals surface area contributed by atoms with Gasteiger partial charge in [-0.25, -0.2) is 0 Å². The van der Waals surface area contributed by atoms with Gasteiger partial charge in [0.1, 0.15) is 91.6 Å². The molecule has 0 amide bonds. The van der Waals surface area contributed by atoms with Gasteiger partial charge in [0.05, 0.1) is 55.9 Å². The maximum atomic E-state index is 12.1. The van der Waals surface area contributed by atoms with Gasteiger partial charge < -0.3 is 118 Å². The Kier molecular flexibility index (Phi) is 19.5. The lowest BCUT2D eigenvalue weighted by atomic mass is 9.47. The highest BCUT2D eigenvalue weighted by Crippen LogP contribution is 2.67. The third kappa shape index (κ3) is 11.4. The smallest absolute Gasteiger partial charge is 0.187 e. The molecule has 24 heteroatoms. The lowest BCUT2D eigenvalue weighted by molar-refractivity contribution is -0.376. The van der Waals surface area contributed by atoms with E-state index in [9.17, 15) is 56.2 Å². The summed E-state index contributed by atoms with van der Waals surface area (Å²) < 4.78 is 78.8. The highest BCUT2D eigenvalue weighted by molar-refractivity contribution is 5.26. The molecule has 0 spiro atoms. The molecule has 0 aromatic heterocycles. The second-order valence-corrected chi connectivity index (χ2v) is 24.3. The quantitative estimate of drug-likeness (QED) is 0.0782. The predicted molar refractivity (Wildman–Crippen MR) is 266 cm³/mol. The van der Waals surface area contributed by atoms with Crippen molar-refractivity contribution in [1.82, 2.24) is 0 Å². The van der Waals surface area contributed by atoms with E-state index in [4.69, 9.17) is 61.6 Å². The fourth-order valence-corrected chi connectivity index (χ4v) is 15.4. The molecule has 11 N–H and O–H groups in total. The number of hydrogen-bond acceptors (Lipinski definition) is 24. The largest absolute Gasteiger partial charge is 0.394 e. The summed E-state index contributed by atoms with van der Waals surface area (Å²) in [7, 11) is 4.41. The van der Waals surface area contributed by atoms with Crippen molar-refractivity contribution in [3.8, 4) is 0 Å². The van der Waals surface area contributed by atoms with Crippen molar-refractivity contribution < 1.29 is 118 Å². The number of ether oxygens (including phenoxy) is 13. The maximum absolute atomic E-state index is 12.1. The van der Waals surface area contributed by atoms with Crippen molar-refractivity contribution in [2.75, 3.05) is 34.5 Å². The topological polar surface area (TPSA) is 343 Å². The molecule has 33 atom stereocenters. The molecule has 5 aliphatic heterocycles. The summed E-state index contributed by atoms with van der Waals surface area (Å²) in [6, 6.07) is 0. The van der Waals surface area contributed by atoms with Crippen LogP contribution in [0.5, 0.6) is 0 Å². The summed E-state index contributed by atoms with van der Waals surface area (Å²) in [5.74, 6) is 0.519. The predicted octanol–water partition coefficient (Wildman–Crippen LogP) is -1.53. The molecular formula is C54H90O24. The van der Waals surface area contributed by atoms with Gasteiger partial charge in [-0.3, -0.25) is 0 Å². The van der Waals surface area contributed by atoms with Crippen molar-refractivity contribution in [3.63, 3.8) is 0 Å². The molecule has 1 unspecified atom stereocenters. The van der Waals surface area contributed by atoms with Gasteiger partial charge in [0.25, 0.3) is 0 Å². The number of hydrogen-bond donors (Lipinski definition) is 11. The number of methoxy groups -OCH3 is 3. The Labute approximate surface area is 456 Å². The molecule has 0 radical (unpaired) electrons. The monoisotopic (exact) mass is 1120 g/mol. The van der Waals surface area contributed by atoms with Crippen LogP contribution in [0.1, 0.15) is 92.9 Å². The average Bonchev–Trinajstić information content (AvgIpc) is 3.93. The van der Waals surface area contributed by atoms with Crippen LogP contribution in [0.3, 0.4) is 0 Å². The van der Waals surface area contributed by atoms with Crippen molar-refractivity contribution >= 4 is 0 Å². The number of allylic oxidation sites excluding steroid dienone is 1. The minimum Gasteiger partial charge on any atom is -0.394 e. The molecule has 78 heavy (non-hydrogen) atoms. The fourth-order valence-electron chi connectivity index (χ4n) is 15.4. The Hall–Kier alpha value is -1.22. The van der Waals surface area contributed by atoms with E-state index in [2.05, 4.69) is 19.9 Å². The Morgan fingerprint density at radius 2 is 1.21 bits per heavy atom. The lowest BCUT2D eigenvalue weighted by Crippen LogP contribution is -2.65. The molecule has 9 rings (SSSR count). The van der Waals surface area contributed by atoms with Crippen molar-refractivity contribution in [1.29, 1.82) is 0 Å². The minimum absolute atomic E-state index is 0.0668. The fraction of sp³-hybridized carbons (Fsp3) is 0.963. The van der Waals surface area contributed by atoms with Crippen LogP contribution < -0.4 is 0 Å². The molecule has 450 valence electrons. The summed E-state index contributed by atoms with van der Waals surface area (Å²) in [4.78, 5) is 0. The maximum Gasteiger partial charge on any atom is 0.187 e.